The molecule has 1 amide bonds. The van der Waals surface area contributed by atoms with E-state index < -0.39 is 23.1 Å². The van der Waals surface area contributed by atoms with Crippen molar-refractivity contribution in [3.63, 3.8) is 0 Å². The molecule has 138 valence electrons. The first-order valence-electron chi connectivity index (χ1n) is 8.49. The van der Waals surface area contributed by atoms with Crippen LogP contribution in [0, 0.1) is 5.82 Å². The van der Waals surface area contributed by atoms with Crippen molar-refractivity contribution in [2.75, 3.05) is 19.7 Å². The third kappa shape index (κ3) is 3.82. The lowest BCUT2D eigenvalue weighted by molar-refractivity contribution is -0.245. The summed E-state index contributed by atoms with van der Waals surface area (Å²) in [6.45, 7) is 2.86. The first-order valence-corrected chi connectivity index (χ1v) is 8.87. The Morgan fingerprint density at radius 3 is 2.68 bits per heavy atom. The van der Waals surface area contributed by atoms with Gasteiger partial charge in [0.05, 0.1) is 18.6 Å². The fraction of sp³-hybridized carbons (Fsp3) is 0.611. The summed E-state index contributed by atoms with van der Waals surface area (Å²) in [6, 6.07) is 4.09. The summed E-state index contributed by atoms with van der Waals surface area (Å²) in [5.74, 6) is -0.581. The molecule has 2 aliphatic heterocycles. The number of ether oxygens (including phenoxy) is 1. The van der Waals surface area contributed by atoms with Gasteiger partial charge in [-0.1, -0.05) is 11.6 Å². The molecule has 0 unspecified atom stereocenters. The van der Waals surface area contributed by atoms with Gasteiger partial charge in [-0.15, -0.1) is 0 Å². The number of hydrogen-bond acceptors (Lipinski definition) is 4. The molecule has 3 rings (SSSR count). The highest BCUT2D eigenvalue weighted by molar-refractivity contribution is 6.30. The molecule has 1 spiro atoms. The molecule has 0 bridgehead atoms. The molecule has 2 saturated heterocycles. The number of carbonyl (C=O) groups is 1. The molecule has 2 aliphatic rings. The summed E-state index contributed by atoms with van der Waals surface area (Å²) >= 11 is 5.83. The van der Waals surface area contributed by atoms with Crippen molar-refractivity contribution in [1.82, 2.24) is 4.90 Å². The number of hydrogen-bond donors (Lipinski definition) is 2. The lowest BCUT2D eigenvalue weighted by atomic mass is 9.75. The van der Waals surface area contributed by atoms with Crippen molar-refractivity contribution < 1.29 is 24.1 Å². The minimum atomic E-state index is -1.18. The van der Waals surface area contributed by atoms with Crippen LogP contribution in [0.2, 0.25) is 5.02 Å². The number of nitrogens with zero attached hydrogens (tertiary/aromatic N) is 1. The van der Waals surface area contributed by atoms with Gasteiger partial charge in [-0.2, -0.15) is 0 Å². The Morgan fingerprint density at radius 1 is 1.36 bits per heavy atom. The molecule has 0 aliphatic carbocycles. The van der Waals surface area contributed by atoms with E-state index in [0.717, 1.165) is 0 Å². The zero-order valence-electron chi connectivity index (χ0n) is 14.2. The Balaban J connectivity index is 1.63. The molecule has 1 aromatic rings. The first-order chi connectivity index (χ1) is 11.7. The van der Waals surface area contributed by atoms with Gasteiger partial charge in [0.1, 0.15) is 17.5 Å². The maximum absolute atomic E-state index is 13.4. The topological polar surface area (TPSA) is 70.0 Å². The fourth-order valence-electron chi connectivity index (χ4n) is 3.80. The SMILES string of the molecule is C[C@@]1(O)CCOC2(CCN(C(=O)Cc3cc(F)cc(Cl)c3)CC2)[C@H]1O. The number of carbonyl (C=O) groups excluding carboxylic acids is 1. The smallest absolute Gasteiger partial charge is 0.226 e. The molecule has 7 heteroatoms. The van der Waals surface area contributed by atoms with E-state index >= 15 is 0 Å². The van der Waals surface area contributed by atoms with Crippen LogP contribution in [0.3, 0.4) is 0 Å². The van der Waals surface area contributed by atoms with Gasteiger partial charge in [0.15, 0.2) is 0 Å². The summed E-state index contributed by atoms with van der Waals surface area (Å²) in [6.07, 6.45) is 0.401. The third-order valence-corrected chi connectivity index (χ3v) is 5.54. The van der Waals surface area contributed by atoms with Crippen LogP contribution in [0.1, 0.15) is 31.7 Å². The molecule has 2 heterocycles. The molecule has 0 saturated carbocycles. The summed E-state index contributed by atoms with van der Waals surface area (Å²) in [5.41, 5.74) is -1.45. The molecular formula is C18H23ClFNO4. The van der Waals surface area contributed by atoms with Gasteiger partial charge < -0.3 is 19.8 Å². The Bertz CT molecular complexity index is 638. The average Bonchev–Trinajstić information content (AvgIpc) is 2.52. The molecule has 2 atom stereocenters. The Hall–Kier alpha value is -1.21. The largest absolute Gasteiger partial charge is 0.387 e. The Morgan fingerprint density at radius 2 is 2.04 bits per heavy atom. The predicted molar refractivity (Wildman–Crippen MR) is 90.9 cm³/mol. The lowest BCUT2D eigenvalue weighted by Gasteiger charge is -2.51. The highest BCUT2D eigenvalue weighted by Crippen LogP contribution is 2.39. The van der Waals surface area contributed by atoms with Crippen molar-refractivity contribution in [3.05, 3.63) is 34.6 Å². The summed E-state index contributed by atoms with van der Waals surface area (Å²) in [4.78, 5) is 14.2. The van der Waals surface area contributed by atoms with E-state index in [9.17, 15) is 19.4 Å². The van der Waals surface area contributed by atoms with Crippen LogP contribution < -0.4 is 0 Å². The number of halogens is 2. The highest BCUT2D eigenvalue weighted by Gasteiger charge is 2.52. The van der Waals surface area contributed by atoms with Crippen LogP contribution in [-0.4, -0.2) is 58.0 Å². The van der Waals surface area contributed by atoms with Crippen molar-refractivity contribution in [3.8, 4) is 0 Å². The minimum Gasteiger partial charge on any atom is -0.387 e. The maximum Gasteiger partial charge on any atom is 0.226 e. The second kappa shape index (κ2) is 6.83. The lowest BCUT2D eigenvalue weighted by Crippen LogP contribution is -2.64. The number of likely N-dealkylation sites (tertiary alicyclic amines) is 1. The standard InChI is InChI=1S/C18H23ClFNO4/c1-17(24)4-7-25-18(16(17)23)2-5-21(6-3-18)15(22)10-12-8-13(19)11-14(20)9-12/h8-9,11,16,23-24H,2-7,10H2,1H3/t16-,17+/m0/s1. The quantitative estimate of drug-likeness (QED) is 0.833. The number of benzene rings is 1. The van der Waals surface area contributed by atoms with Gasteiger partial charge >= 0.3 is 0 Å². The summed E-state index contributed by atoms with van der Waals surface area (Å²) < 4.78 is 19.2. The van der Waals surface area contributed by atoms with Gasteiger partial charge in [-0.25, -0.2) is 4.39 Å². The zero-order chi connectivity index (χ0) is 18.2. The number of aliphatic hydroxyl groups is 2. The second-order valence-corrected chi connectivity index (χ2v) is 7.69. The minimum absolute atomic E-state index is 0.0750. The van der Waals surface area contributed by atoms with E-state index in [1.807, 2.05) is 0 Å². The molecule has 0 radical (unpaired) electrons. The number of amides is 1. The van der Waals surface area contributed by atoms with E-state index in [1.54, 1.807) is 17.9 Å². The monoisotopic (exact) mass is 371 g/mol. The summed E-state index contributed by atoms with van der Waals surface area (Å²) in [5, 5.41) is 21.1. The third-order valence-electron chi connectivity index (χ3n) is 5.33. The highest BCUT2D eigenvalue weighted by atomic mass is 35.5. The van der Waals surface area contributed by atoms with Crippen molar-refractivity contribution in [2.24, 2.45) is 0 Å². The van der Waals surface area contributed by atoms with E-state index in [4.69, 9.17) is 16.3 Å². The van der Waals surface area contributed by atoms with Crippen molar-refractivity contribution in [2.45, 2.75) is 49.9 Å². The van der Waals surface area contributed by atoms with Crippen LogP contribution >= 0.6 is 11.6 Å². The average molecular weight is 372 g/mol. The van der Waals surface area contributed by atoms with Crippen LogP contribution in [0.4, 0.5) is 4.39 Å². The van der Waals surface area contributed by atoms with Crippen LogP contribution in [0.5, 0.6) is 0 Å². The van der Waals surface area contributed by atoms with E-state index in [-0.39, 0.29) is 17.4 Å². The van der Waals surface area contributed by atoms with Gasteiger partial charge in [0.2, 0.25) is 5.91 Å². The van der Waals surface area contributed by atoms with Crippen LogP contribution in [0.25, 0.3) is 0 Å². The molecule has 1 aromatic carbocycles. The van der Waals surface area contributed by atoms with Crippen LogP contribution in [-0.2, 0) is 16.0 Å². The zero-order valence-corrected chi connectivity index (χ0v) is 14.9. The molecule has 0 aromatic heterocycles. The van der Waals surface area contributed by atoms with Crippen molar-refractivity contribution in [1.29, 1.82) is 0 Å². The van der Waals surface area contributed by atoms with Gasteiger partial charge in [0.25, 0.3) is 0 Å². The maximum atomic E-state index is 13.4. The second-order valence-electron chi connectivity index (χ2n) is 7.26. The van der Waals surface area contributed by atoms with E-state index in [1.165, 1.54) is 12.1 Å². The van der Waals surface area contributed by atoms with Crippen LogP contribution in [0.15, 0.2) is 18.2 Å². The Labute approximate surface area is 151 Å². The molecule has 25 heavy (non-hydrogen) atoms. The van der Waals surface area contributed by atoms with Gasteiger partial charge in [-0.05, 0) is 43.5 Å². The predicted octanol–water partition coefficient (Wildman–Crippen LogP) is 1.91. The normalized spacial score (nSPS) is 29.0. The first kappa shape index (κ1) is 18.6. The molecule has 2 N–H and O–H groups in total. The van der Waals surface area contributed by atoms with Crippen molar-refractivity contribution >= 4 is 17.5 Å². The number of piperidine rings is 1. The molecular weight excluding hydrogens is 349 g/mol. The van der Waals surface area contributed by atoms with E-state index in [0.29, 0.717) is 44.5 Å². The van der Waals surface area contributed by atoms with Gasteiger partial charge in [-0.3, -0.25) is 4.79 Å². The van der Waals surface area contributed by atoms with Gasteiger partial charge in [0, 0.05) is 24.5 Å². The summed E-state index contributed by atoms with van der Waals surface area (Å²) in [7, 11) is 0. The van der Waals surface area contributed by atoms with E-state index in [2.05, 4.69) is 0 Å². The number of aliphatic hydroxyl groups excluding tert-OH is 1. The fourth-order valence-corrected chi connectivity index (χ4v) is 4.04. The Kier molecular flexibility index (Phi) is 5.08. The number of rotatable bonds is 2. The molecule has 5 nitrogen and oxygen atoms in total. The molecule has 2 fully saturated rings.